The van der Waals surface area contributed by atoms with E-state index < -0.39 is 17.7 Å². The summed E-state index contributed by atoms with van der Waals surface area (Å²) in [5.74, 6) is -1.44. The summed E-state index contributed by atoms with van der Waals surface area (Å²) >= 11 is 5.97. The number of carbonyl (C=O) groups is 2. The zero-order valence-electron chi connectivity index (χ0n) is 15.1. The number of halogens is 1. The average molecular weight is 406 g/mol. The van der Waals surface area contributed by atoms with Crippen molar-refractivity contribution < 1.29 is 19.8 Å². The number of Topliss-reactive ketones (excluding diaryl/α,β-unsaturated/α-hetero) is 1. The average Bonchev–Trinajstić information content (AvgIpc) is 2.99. The zero-order chi connectivity index (χ0) is 20.5. The van der Waals surface area contributed by atoms with Crippen molar-refractivity contribution in [3.05, 3.63) is 101 Å². The zero-order valence-corrected chi connectivity index (χ0v) is 15.9. The molecule has 1 aliphatic rings. The number of nitrogens with zero attached hydrogens (tertiary/aromatic N) is 1. The molecule has 0 aromatic heterocycles. The molecule has 0 bridgehead atoms. The predicted molar refractivity (Wildman–Crippen MR) is 111 cm³/mol. The van der Waals surface area contributed by atoms with Gasteiger partial charge in [-0.3, -0.25) is 14.5 Å². The van der Waals surface area contributed by atoms with Gasteiger partial charge in [-0.15, -0.1) is 0 Å². The number of hydrogen-bond donors (Lipinski definition) is 2. The lowest BCUT2D eigenvalue weighted by atomic mass is 9.99. The van der Waals surface area contributed by atoms with Crippen molar-refractivity contribution in [2.45, 2.75) is 6.04 Å². The molecule has 0 aliphatic carbocycles. The fourth-order valence-corrected chi connectivity index (χ4v) is 3.51. The van der Waals surface area contributed by atoms with Gasteiger partial charge in [0.15, 0.2) is 5.78 Å². The van der Waals surface area contributed by atoms with Crippen molar-refractivity contribution in [2.24, 2.45) is 0 Å². The van der Waals surface area contributed by atoms with Crippen molar-refractivity contribution in [2.75, 3.05) is 4.90 Å². The molecule has 29 heavy (non-hydrogen) atoms. The highest BCUT2D eigenvalue weighted by Gasteiger charge is 2.46. The van der Waals surface area contributed by atoms with Gasteiger partial charge in [0.1, 0.15) is 23.1 Å². The Morgan fingerprint density at radius 2 is 1.48 bits per heavy atom. The maximum absolute atomic E-state index is 13.3. The van der Waals surface area contributed by atoms with E-state index in [1.807, 2.05) is 0 Å². The van der Waals surface area contributed by atoms with Gasteiger partial charge in [0, 0.05) is 16.3 Å². The molecule has 3 aromatic rings. The summed E-state index contributed by atoms with van der Waals surface area (Å²) in [6.45, 7) is 0. The highest BCUT2D eigenvalue weighted by molar-refractivity contribution is 6.36. The number of aliphatic hydroxyl groups excluding tert-OH is 1. The lowest BCUT2D eigenvalue weighted by molar-refractivity contribution is -0.116. The van der Waals surface area contributed by atoms with Crippen LogP contribution in [0.15, 0.2) is 84.4 Å². The first kappa shape index (κ1) is 18.8. The fourth-order valence-electron chi connectivity index (χ4n) is 3.38. The standard InChI is InChI=1S/C23H16ClNO4/c24-16-8-6-14(7-9-16)20-22(28)19(21(27)15-4-2-1-3-5-15)23(29)25(20)17-10-12-18(26)13-11-17/h1-13,20,26-27H/b21-19+. The van der Waals surface area contributed by atoms with Gasteiger partial charge in [0.25, 0.3) is 5.91 Å². The van der Waals surface area contributed by atoms with E-state index in [-0.39, 0.29) is 17.1 Å². The minimum atomic E-state index is -0.954. The second-order valence-electron chi connectivity index (χ2n) is 6.60. The fraction of sp³-hybridized carbons (Fsp3) is 0.0435. The van der Waals surface area contributed by atoms with E-state index in [4.69, 9.17) is 11.6 Å². The van der Waals surface area contributed by atoms with Gasteiger partial charge in [0.2, 0.25) is 0 Å². The highest BCUT2D eigenvalue weighted by Crippen LogP contribution is 2.40. The summed E-state index contributed by atoms with van der Waals surface area (Å²) in [6, 6.07) is 20.1. The molecule has 1 amide bonds. The van der Waals surface area contributed by atoms with Crippen LogP contribution in [0, 0.1) is 0 Å². The number of aromatic hydroxyl groups is 1. The SMILES string of the molecule is O=C1/C(=C(\O)c2ccccc2)C(=O)N(c2ccc(O)cc2)C1c1ccc(Cl)cc1. The molecule has 0 saturated carbocycles. The summed E-state index contributed by atoms with van der Waals surface area (Å²) in [4.78, 5) is 27.9. The quantitative estimate of drug-likeness (QED) is 0.377. The van der Waals surface area contributed by atoms with Gasteiger partial charge in [-0.25, -0.2) is 0 Å². The molecule has 1 fully saturated rings. The molecule has 1 atom stereocenters. The molecule has 5 nitrogen and oxygen atoms in total. The molecule has 1 heterocycles. The van der Waals surface area contributed by atoms with Crippen molar-refractivity contribution >= 4 is 34.7 Å². The number of hydrogen-bond acceptors (Lipinski definition) is 4. The first-order valence-electron chi connectivity index (χ1n) is 8.88. The molecule has 3 aromatic carbocycles. The number of benzene rings is 3. The van der Waals surface area contributed by atoms with Crippen LogP contribution in [-0.2, 0) is 9.59 Å². The number of anilines is 1. The molecule has 1 aliphatic heterocycles. The Hall–Kier alpha value is -3.57. The molecule has 144 valence electrons. The van der Waals surface area contributed by atoms with E-state index in [9.17, 15) is 19.8 Å². The lowest BCUT2D eigenvalue weighted by Crippen LogP contribution is -2.28. The summed E-state index contributed by atoms with van der Waals surface area (Å²) in [6.07, 6.45) is 0. The predicted octanol–water partition coefficient (Wildman–Crippen LogP) is 4.67. The van der Waals surface area contributed by atoms with Crippen molar-refractivity contribution in [3.8, 4) is 5.75 Å². The number of rotatable bonds is 3. The molecular formula is C23H16ClNO4. The Balaban J connectivity index is 1.89. The Kier molecular flexibility index (Phi) is 4.82. The Morgan fingerprint density at radius 1 is 0.862 bits per heavy atom. The molecular weight excluding hydrogens is 390 g/mol. The van der Waals surface area contributed by atoms with E-state index in [1.165, 1.54) is 17.0 Å². The van der Waals surface area contributed by atoms with Crippen LogP contribution in [0.1, 0.15) is 17.2 Å². The van der Waals surface area contributed by atoms with E-state index in [2.05, 4.69) is 0 Å². The van der Waals surface area contributed by atoms with E-state index in [1.54, 1.807) is 66.7 Å². The number of amides is 1. The van der Waals surface area contributed by atoms with Gasteiger partial charge >= 0.3 is 0 Å². The number of aliphatic hydroxyl groups is 1. The molecule has 0 radical (unpaired) electrons. The highest BCUT2D eigenvalue weighted by atomic mass is 35.5. The van der Waals surface area contributed by atoms with E-state index in [0.29, 0.717) is 21.8 Å². The van der Waals surface area contributed by atoms with Crippen LogP contribution in [0.3, 0.4) is 0 Å². The van der Waals surface area contributed by atoms with Crippen LogP contribution in [0.25, 0.3) is 5.76 Å². The van der Waals surface area contributed by atoms with Crippen molar-refractivity contribution in [3.63, 3.8) is 0 Å². The van der Waals surface area contributed by atoms with Crippen LogP contribution >= 0.6 is 11.6 Å². The monoisotopic (exact) mass is 405 g/mol. The normalized spacial score (nSPS) is 18.2. The minimum absolute atomic E-state index is 0.0395. The lowest BCUT2D eigenvalue weighted by Gasteiger charge is -2.23. The van der Waals surface area contributed by atoms with Gasteiger partial charge in [-0.05, 0) is 42.0 Å². The van der Waals surface area contributed by atoms with Crippen LogP contribution in [0.2, 0.25) is 5.02 Å². The third kappa shape index (κ3) is 3.37. The Labute approximate surface area is 172 Å². The summed E-state index contributed by atoms with van der Waals surface area (Å²) in [5, 5.41) is 20.8. The van der Waals surface area contributed by atoms with E-state index >= 15 is 0 Å². The third-order valence-electron chi connectivity index (χ3n) is 4.78. The molecule has 4 rings (SSSR count). The number of carbonyl (C=O) groups excluding carboxylic acids is 2. The second-order valence-corrected chi connectivity index (χ2v) is 7.04. The third-order valence-corrected chi connectivity index (χ3v) is 5.04. The van der Waals surface area contributed by atoms with Gasteiger partial charge in [0.05, 0.1) is 0 Å². The first-order valence-corrected chi connectivity index (χ1v) is 9.26. The van der Waals surface area contributed by atoms with Crippen LogP contribution < -0.4 is 4.90 Å². The minimum Gasteiger partial charge on any atom is -0.508 e. The van der Waals surface area contributed by atoms with Crippen molar-refractivity contribution in [1.29, 1.82) is 0 Å². The Morgan fingerprint density at radius 3 is 2.10 bits per heavy atom. The number of phenolic OH excluding ortho intramolecular Hbond substituents is 1. The largest absolute Gasteiger partial charge is 0.508 e. The Bertz CT molecular complexity index is 1040. The summed E-state index contributed by atoms with van der Waals surface area (Å²) in [7, 11) is 0. The smallest absolute Gasteiger partial charge is 0.266 e. The molecule has 1 unspecified atom stereocenters. The molecule has 0 spiro atoms. The maximum atomic E-state index is 13.3. The number of ketones is 1. The molecule has 2 N–H and O–H groups in total. The van der Waals surface area contributed by atoms with Gasteiger partial charge in [-0.1, -0.05) is 54.1 Å². The van der Waals surface area contributed by atoms with Gasteiger partial charge in [-0.2, -0.15) is 0 Å². The van der Waals surface area contributed by atoms with E-state index in [0.717, 1.165) is 0 Å². The number of phenols is 1. The van der Waals surface area contributed by atoms with Crippen LogP contribution in [0.4, 0.5) is 5.69 Å². The van der Waals surface area contributed by atoms with Crippen LogP contribution in [0.5, 0.6) is 5.75 Å². The van der Waals surface area contributed by atoms with Gasteiger partial charge < -0.3 is 10.2 Å². The van der Waals surface area contributed by atoms with Crippen LogP contribution in [-0.4, -0.2) is 21.9 Å². The molecule has 6 heteroatoms. The summed E-state index contributed by atoms with van der Waals surface area (Å²) in [5.41, 5.74) is 1.10. The summed E-state index contributed by atoms with van der Waals surface area (Å²) < 4.78 is 0. The molecule has 1 saturated heterocycles. The maximum Gasteiger partial charge on any atom is 0.266 e. The topological polar surface area (TPSA) is 77.8 Å². The second kappa shape index (κ2) is 7.45. The first-order chi connectivity index (χ1) is 14.0. The van der Waals surface area contributed by atoms with Crippen molar-refractivity contribution in [1.82, 2.24) is 0 Å².